The molecular weight excluding hydrogens is 270 g/mol. The standard InChI is InChI=1S/C18H16F2O/c1-2-3-4-5-12-21-16-9-6-14(7-10-16)15-8-11-17(19)18(20)13-15/h2-11,13H,12H2,1H3. The Morgan fingerprint density at radius 2 is 1.62 bits per heavy atom. The van der Waals surface area contributed by atoms with Gasteiger partial charge < -0.3 is 4.74 Å². The Labute approximate surface area is 123 Å². The average molecular weight is 286 g/mol. The van der Waals surface area contributed by atoms with Crippen molar-refractivity contribution in [2.24, 2.45) is 0 Å². The summed E-state index contributed by atoms with van der Waals surface area (Å²) < 4.78 is 31.6. The van der Waals surface area contributed by atoms with E-state index < -0.39 is 11.6 Å². The topological polar surface area (TPSA) is 9.23 Å². The van der Waals surface area contributed by atoms with Gasteiger partial charge in [0.05, 0.1) is 0 Å². The Hall–Kier alpha value is -2.42. The van der Waals surface area contributed by atoms with E-state index in [0.717, 1.165) is 17.4 Å². The molecule has 0 unspecified atom stereocenters. The highest BCUT2D eigenvalue weighted by atomic mass is 19.2. The summed E-state index contributed by atoms with van der Waals surface area (Å²) in [5.41, 5.74) is 1.44. The molecule has 0 bridgehead atoms. The summed E-state index contributed by atoms with van der Waals surface area (Å²) >= 11 is 0. The second-order valence-electron chi connectivity index (χ2n) is 4.42. The van der Waals surface area contributed by atoms with Crippen molar-refractivity contribution in [1.29, 1.82) is 0 Å². The predicted octanol–water partition coefficient (Wildman–Crippen LogP) is 5.14. The highest BCUT2D eigenvalue weighted by molar-refractivity contribution is 5.64. The molecule has 0 radical (unpaired) electrons. The van der Waals surface area contributed by atoms with Crippen LogP contribution in [0.25, 0.3) is 11.1 Å². The van der Waals surface area contributed by atoms with Gasteiger partial charge in [0.1, 0.15) is 12.4 Å². The van der Waals surface area contributed by atoms with Crippen molar-refractivity contribution in [2.45, 2.75) is 6.92 Å². The molecule has 0 aliphatic carbocycles. The Bertz CT molecular complexity index is 643. The molecule has 0 N–H and O–H groups in total. The first-order chi connectivity index (χ1) is 10.2. The molecule has 0 heterocycles. The molecule has 3 heteroatoms. The van der Waals surface area contributed by atoms with Gasteiger partial charge in [0.25, 0.3) is 0 Å². The quantitative estimate of drug-likeness (QED) is 0.691. The van der Waals surface area contributed by atoms with Crippen LogP contribution in [0.3, 0.4) is 0 Å². The van der Waals surface area contributed by atoms with Crippen LogP contribution in [0.15, 0.2) is 66.8 Å². The van der Waals surface area contributed by atoms with Crippen LogP contribution in [0.4, 0.5) is 8.78 Å². The third-order valence-electron chi connectivity index (χ3n) is 2.89. The van der Waals surface area contributed by atoms with Crippen molar-refractivity contribution < 1.29 is 13.5 Å². The van der Waals surface area contributed by atoms with Gasteiger partial charge in [0.15, 0.2) is 11.6 Å². The molecule has 0 aliphatic rings. The van der Waals surface area contributed by atoms with Gasteiger partial charge in [-0.25, -0.2) is 8.78 Å². The fraction of sp³-hybridized carbons (Fsp3) is 0.111. The molecule has 108 valence electrons. The lowest BCUT2D eigenvalue weighted by atomic mass is 10.1. The molecule has 0 fully saturated rings. The second-order valence-corrected chi connectivity index (χ2v) is 4.42. The van der Waals surface area contributed by atoms with Gasteiger partial charge in [-0.05, 0) is 48.4 Å². The normalized spacial score (nSPS) is 11.4. The summed E-state index contributed by atoms with van der Waals surface area (Å²) in [5.74, 6) is -0.958. The Morgan fingerprint density at radius 3 is 2.29 bits per heavy atom. The van der Waals surface area contributed by atoms with Gasteiger partial charge in [0.2, 0.25) is 0 Å². The molecular formula is C18H16F2O. The molecule has 21 heavy (non-hydrogen) atoms. The summed E-state index contributed by atoms with van der Waals surface area (Å²) in [6, 6.07) is 11.1. The number of hydrogen-bond acceptors (Lipinski definition) is 1. The smallest absolute Gasteiger partial charge is 0.159 e. The van der Waals surface area contributed by atoms with E-state index in [4.69, 9.17) is 4.74 Å². The second kappa shape index (κ2) is 7.39. The van der Waals surface area contributed by atoms with Gasteiger partial charge in [0, 0.05) is 0 Å². The van der Waals surface area contributed by atoms with Crippen LogP contribution in [0.1, 0.15) is 6.92 Å². The molecule has 2 aromatic rings. The monoisotopic (exact) mass is 286 g/mol. The van der Waals surface area contributed by atoms with E-state index in [0.29, 0.717) is 12.2 Å². The molecule has 2 aromatic carbocycles. The molecule has 0 aromatic heterocycles. The van der Waals surface area contributed by atoms with Crippen LogP contribution in [-0.4, -0.2) is 6.61 Å². The maximum atomic E-state index is 13.2. The Morgan fingerprint density at radius 1 is 0.905 bits per heavy atom. The molecule has 1 nitrogen and oxygen atoms in total. The van der Waals surface area contributed by atoms with E-state index in [1.807, 2.05) is 43.4 Å². The van der Waals surface area contributed by atoms with E-state index in [2.05, 4.69) is 0 Å². The number of allylic oxidation sites excluding steroid dienone is 3. The average Bonchev–Trinajstić information content (AvgIpc) is 2.50. The highest BCUT2D eigenvalue weighted by Crippen LogP contribution is 2.24. The zero-order valence-corrected chi connectivity index (χ0v) is 11.7. The van der Waals surface area contributed by atoms with Crippen LogP contribution in [-0.2, 0) is 0 Å². The van der Waals surface area contributed by atoms with Crippen molar-refractivity contribution in [3.05, 3.63) is 78.4 Å². The summed E-state index contributed by atoms with van der Waals surface area (Å²) in [4.78, 5) is 0. The SMILES string of the molecule is CC=CC=CCOc1ccc(-c2ccc(F)c(F)c2)cc1. The minimum atomic E-state index is -0.845. The van der Waals surface area contributed by atoms with E-state index in [9.17, 15) is 8.78 Å². The van der Waals surface area contributed by atoms with Crippen molar-refractivity contribution in [3.8, 4) is 16.9 Å². The molecule has 0 saturated heterocycles. The maximum Gasteiger partial charge on any atom is 0.159 e. The van der Waals surface area contributed by atoms with Gasteiger partial charge in [-0.3, -0.25) is 0 Å². The minimum Gasteiger partial charge on any atom is -0.490 e. The van der Waals surface area contributed by atoms with Gasteiger partial charge in [-0.15, -0.1) is 0 Å². The fourth-order valence-corrected chi connectivity index (χ4v) is 1.81. The van der Waals surface area contributed by atoms with Gasteiger partial charge in [-0.2, -0.15) is 0 Å². The van der Waals surface area contributed by atoms with Crippen LogP contribution in [0.5, 0.6) is 5.75 Å². The van der Waals surface area contributed by atoms with Crippen molar-refractivity contribution in [2.75, 3.05) is 6.61 Å². The maximum absolute atomic E-state index is 13.2. The fourth-order valence-electron chi connectivity index (χ4n) is 1.81. The number of halogens is 2. The zero-order chi connectivity index (χ0) is 15.1. The lowest BCUT2D eigenvalue weighted by Crippen LogP contribution is -1.93. The van der Waals surface area contributed by atoms with E-state index in [1.54, 1.807) is 18.2 Å². The Balaban J connectivity index is 2.03. The third kappa shape index (κ3) is 4.28. The largest absolute Gasteiger partial charge is 0.490 e. The first-order valence-electron chi connectivity index (χ1n) is 6.67. The summed E-state index contributed by atoms with van der Waals surface area (Å²) in [6.45, 7) is 2.43. The van der Waals surface area contributed by atoms with Crippen LogP contribution in [0, 0.1) is 11.6 Å². The van der Waals surface area contributed by atoms with Gasteiger partial charge >= 0.3 is 0 Å². The lowest BCUT2D eigenvalue weighted by molar-refractivity contribution is 0.363. The third-order valence-corrected chi connectivity index (χ3v) is 2.89. The summed E-state index contributed by atoms with van der Waals surface area (Å²) in [7, 11) is 0. The van der Waals surface area contributed by atoms with Crippen molar-refractivity contribution in [1.82, 2.24) is 0 Å². The number of benzene rings is 2. The van der Waals surface area contributed by atoms with Crippen LogP contribution < -0.4 is 4.74 Å². The molecule has 0 spiro atoms. The van der Waals surface area contributed by atoms with Crippen LogP contribution in [0.2, 0.25) is 0 Å². The van der Waals surface area contributed by atoms with Crippen LogP contribution >= 0.6 is 0 Å². The molecule has 0 atom stereocenters. The van der Waals surface area contributed by atoms with E-state index in [-0.39, 0.29) is 0 Å². The Kier molecular flexibility index (Phi) is 5.27. The number of rotatable bonds is 5. The molecule has 2 rings (SSSR count). The highest BCUT2D eigenvalue weighted by Gasteiger charge is 2.04. The predicted molar refractivity (Wildman–Crippen MR) is 81.2 cm³/mol. The van der Waals surface area contributed by atoms with Crippen molar-refractivity contribution in [3.63, 3.8) is 0 Å². The zero-order valence-electron chi connectivity index (χ0n) is 11.7. The van der Waals surface area contributed by atoms with E-state index >= 15 is 0 Å². The number of ether oxygens (including phenoxy) is 1. The summed E-state index contributed by atoms with van der Waals surface area (Å²) in [6.07, 6.45) is 7.68. The van der Waals surface area contributed by atoms with Gasteiger partial charge in [-0.1, -0.05) is 36.4 Å². The van der Waals surface area contributed by atoms with Crippen molar-refractivity contribution >= 4 is 0 Å². The summed E-state index contributed by atoms with van der Waals surface area (Å²) in [5, 5.41) is 0. The number of hydrogen-bond donors (Lipinski definition) is 0. The lowest BCUT2D eigenvalue weighted by Gasteiger charge is -2.06. The molecule has 0 aliphatic heterocycles. The molecule has 0 saturated carbocycles. The van der Waals surface area contributed by atoms with E-state index in [1.165, 1.54) is 6.07 Å². The molecule has 0 amide bonds. The minimum absolute atomic E-state index is 0.481. The first-order valence-corrected chi connectivity index (χ1v) is 6.67. The first kappa shape index (κ1) is 15.0.